The Morgan fingerprint density at radius 1 is 1.36 bits per heavy atom. The van der Waals surface area contributed by atoms with Gasteiger partial charge in [0.1, 0.15) is 22.5 Å². The molecule has 3 rings (SSSR count). The molecule has 1 aromatic carbocycles. The van der Waals surface area contributed by atoms with E-state index in [1.165, 1.54) is 19.9 Å². The number of aliphatic hydroxyl groups is 2. The van der Waals surface area contributed by atoms with Gasteiger partial charge in [0.15, 0.2) is 5.78 Å². The van der Waals surface area contributed by atoms with Crippen molar-refractivity contribution in [3.63, 3.8) is 0 Å². The van der Waals surface area contributed by atoms with E-state index in [-0.39, 0.29) is 18.6 Å². The summed E-state index contributed by atoms with van der Waals surface area (Å²) in [4.78, 5) is 23.4. The molecule has 1 aromatic heterocycles. The first-order valence-corrected chi connectivity index (χ1v) is 8.28. The summed E-state index contributed by atoms with van der Waals surface area (Å²) in [6.45, 7) is 4.63. The molecule has 0 saturated carbocycles. The van der Waals surface area contributed by atoms with E-state index < -0.39 is 22.9 Å². The molecule has 2 N–H and O–H groups in total. The second-order valence-electron chi connectivity index (χ2n) is 7.37. The van der Waals surface area contributed by atoms with Gasteiger partial charge in [-0.25, -0.2) is 4.79 Å². The number of ether oxygens (including phenoxy) is 1. The highest BCUT2D eigenvalue weighted by Gasteiger charge is 2.41. The molecule has 2 aromatic rings. The summed E-state index contributed by atoms with van der Waals surface area (Å²) in [7, 11) is 0. The van der Waals surface area contributed by atoms with Crippen LogP contribution in [0.1, 0.15) is 39.2 Å². The van der Waals surface area contributed by atoms with Crippen LogP contribution in [0.15, 0.2) is 33.5 Å². The number of rotatable bonds is 4. The standard InChI is InChI=1S/C19H22O6/c1-18(2,23)15(20)6-7-19(3)16(21)9-12-8-11-4-5-17(22)24-13(11)10-14(12)25-19/h4-5,8,10,16,21,23H,6-7,9H2,1-3H3. The summed E-state index contributed by atoms with van der Waals surface area (Å²) in [5, 5.41) is 21.1. The van der Waals surface area contributed by atoms with Crippen molar-refractivity contribution in [2.75, 3.05) is 0 Å². The molecule has 25 heavy (non-hydrogen) atoms. The lowest BCUT2D eigenvalue weighted by Crippen LogP contribution is -2.49. The highest BCUT2D eigenvalue weighted by molar-refractivity contribution is 5.86. The zero-order chi connectivity index (χ0) is 18.4. The Balaban J connectivity index is 1.88. The van der Waals surface area contributed by atoms with Crippen molar-refractivity contribution in [3.8, 4) is 5.75 Å². The Morgan fingerprint density at radius 2 is 2.08 bits per heavy atom. The predicted molar refractivity (Wildman–Crippen MR) is 91.8 cm³/mol. The van der Waals surface area contributed by atoms with E-state index in [0.29, 0.717) is 17.8 Å². The van der Waals surface area contributed by atoms with Crippen molar-refractivity contribution in [1.82, 2.24) is 0 Å². The molecule has 0 saturated heterocycles. The lowest BCUT2D eigenvalue weighted by molar-refractivity contribution is -0.136. The SMILES string of the molecule is CC(C)(O)C(=O)CCC1(C)Oc2cc3oc(=O)ccc3cc2CC1O. The molecule has 1 aliphatic rings. The van der Waals surface area contributed by atoms with Gasteiger partial charge in [0.25, 0.3) is 0 Å². The van der Waals surface area contributed by atoms with Gasteiger partial charge >= 0.3 is 5.63 Å². The van der Waals surface area contributed by atoms with Crippen LogP contribution in [-0.4, -0.2) is 33.3 Å². The quantitative estimate of drug-likeness (QED) is 0.822. The fraction of sp³-hybridized carbons (Fsp3) is 0.474. The molecule has 1 aliphatic heterocycles. The van der Waals surface area contributed by atoms with Gasteiger partial charge in [-0.05, 0) is 44.9 Å². The first kappa shape index (κ1) is 17.6. The number of carbonyl (C=O) groups excluding carboxylic acids is 1. The van der Waals surface area contributed by atoms with Gasteiger partial charge in [0.2, 0.25) is 0 Å². The summed E-state index contributed by atoms with van der Waals surface area (Å²) >= 11 is 0. The summed E-state index contributed by atoms with van der Waals surface area (Å²) < 4.78 is 11.2. The first-order valence-electron chi connectivity index (χ1n) is 8.28. The van der Waals surface area contributed by atoms with Crippen molar-refractivity contribution < 1.29 is 24.2 Å². The monoisotopic (exact) mass is 346 g/mol. The third-order valence-electron chi connectivity index (χ3n) is 4.79. The molecule has 2 unspecified atom stereocenters. The van der Waals surface area contributed by atoms with Crippen LogP contribution in [0.5, 0.6) is 5.75 Å². The van der Waals surface area contributed by atoms with E-state index in [0.717, 1.165) is 10.9 Å². The number of fused-ring (bicyclic) bond motifs is 2. The minimum atomic E-state index is -1.41. The van der Waals surface area contributed by atoms with Crippen LogP contribution >= 0.6 is 0 Å². The maximum atomic E-state index is 12.0. The van der Waals surface area contributed by atoms with Gasteiger partial charge in [0, 0.05) is 30.4 Å². The maximum Gasteiger partial charge on any atom is 0.336 e. The van der Waals surface area contributed by atoms with Crippen molar-refractivity contribution in [3.05, 3.63) is 40.2 Å². The average Bonchev–Trinajstić information content (AvgIpc) is 2.51. The second-order valence-corrected chi connectivity index (χ2v) is 7.37. The lowest BCUT2D eigenvalue weighted by atomic mass is 9.84. The number of Topliss-reactive ketones (excluding diaryl/α,β-unsaturated/α-hetero) is 1. The van der Waals surface area contributed by atoms with Gasteiger partial charge in [-0.15, -0.1) is 0 Å². The molecule has 134 valence electrons. The third kappa shape index (κ3) is 3.45. The highest BCUT2D eigenvalue weighted by atomic mass is 16.5. The van der Waals surface area contributed by atoms with Crippen LogP contribution < -0.4 is 10.4 Å². The molecule has 0 fully saturated rings. The molecule has 0 amide bonds. The van der Waals surface area contributed by atoms with Crippen LogP contribution in [0, 0.1) is 0 Å². The van der Waals surface area contributed by atoms with Crippen molar-refractivity contribution in [1.29, 1.82) is 0 Å². The zero-order valence-electron chi connectivity index (χ0n) is 14.5. The number of ketones is 1. The van der Waals surface area contributed by atoms with Crippen LogP contribution in [-0.2, 0) is 11.2 Å². The van der Waals surface area contributed by atoms with Gasteiger partial charge in [-0.2, -0.15) is 0 Å². The van der Waals surface area contributed by atoms with Gasteiger partial charge in [-0.1, -0.05) is 0 Å². The predicted octanol–water partition coefficient (Wildman–Crippen LogP) is 1.97. The molecule has 2 heterocycles. The van der Waals surface area contributed by atoms with Gasteiger partial charge in [-0.3, -0.25) is 4.79 Å². The number of hydrogen-bond donors (Lipinski definition) is 2. The fourth-order valence-corrected chi connectivity index (χ4v) is 3.03. The minimum Gasteiger partial charge on any atom is -0.484 e. The minimum absolute atomic E-state index is 0.0923. The fourth-order valence-electron chi connectivity index (χ4n) is 3.03. The number of hydrogen-bond acceptors (Lipinski definition) is 6. The van der Waals surface area contributed by atoms with Crippen LogP contribution in [0.2, 0.25) is 0 Å². The first-order chi connectivity index (χ1) is 11.6. The Morgan fingerprint density at radius 3 is 2.76 bits per heavy atom. The van der Waals surface area contributed by atoms with Crippen molar-refractivity contribution in [2.45, 2.75) is 57.3 Å². The summed E-state index contributed by atoms with van der Waals surface area (Å²) in [5.41, 5.74) is -1.58. The Kier molecular flexibility index (Phi) is 4.21. The van der Waals surface area contributed by atoms with Crippen LogP contribution in [0.3, 0.4) is 0 Å². The Hall–Kier alpha value is -2.18. The Labute approximate surface area is 145 Å². The van der Waals surface area contributed by atoms with Crippen LogP contribution in [0.4, 0.5) is 0 Å². The molecular weight excluding hydrogens is 324 g/mol. The third-order valence-corrected chi connectivity index (χ3v) is 4.79. The molecule has 2 atom stereocenters. The van der Waals surface area contributed by atoms with Gasteiger partial charge < -0.3 is 19.4 Å². The van der Waals surface area contributed by atoms with E-state index >= 15 is 0 Å². The Bertz CT molecular complexity index is 876. The summed E-state index contributed by atoms with van der Waals surface area (Å²) in [6.07, 6.45) is -0.0531. The summed E-state index contributed by atoms with van der Waals surface area (Å²) in [6, 6.07) is 6.50. The second kappa shape index (κ2) is 5.97. The topological polar surface area (TPSA) is 97.0 Å². The van der Waals surface area contributed by atoms with E-state index in [1.54, 1.807) is 19.1 Å². The summed E-state index contributed by atoms with van der Waals surface area (Å²) in [5.74, 6) is 0.227. The number of benzene rings is 1. The number of carbonyl (C=O) groups is 1. The lowest BCUT2D eigenvalue weighted by Gasteiger charge is -2.40. The largest absolute Gasteiger partial charge is 0.484 e. The molecule has 6 heteroatoms. The van der Waals surface area contributed by atoms with E-state index in [2.05, 4.69) is 0 Å². The van der Waals surface area contributed by atoms with E-state index in [1.807, 2.05) is 6.07 Å². The molecule has 0 aliphatic carbocycles. The normalized spacial score (nSPS) is 23.2. The molecular formula is C19H22O6. The van der Waals surface area contributed by atoms with Gasteiger partial charge in [0.05, 0.1) is 6.10 Å². The van der Waals surface area contributed by atoms with Crippen LogP contribution in [0.25, 0.3) is 11.0 Å². The average molecular weight is 346 g/mol. The van der Waals surface area contributed by atoms with Crippen molar-refractivity contribution >= 4 is 16.8 Å². The smallest absolute Gasteiger partial charge is 0.336 e. The van der Waals surface area contributed by atoms with Crippen molar-refractivity contribution in [2.24, 2.45) is 0 Å². The zero-order valence-corrected chi connectivity index (χ0v) is 14.5. The highest BCUT2D eigenvalue weighted by Crippen LogP contribution is 2.38. The molecule has 0 spiro atoms. The van der Waals surface area contributed by atoms with E-state index in [4.69, 9.17) is 9.15 Å². The molecule has 0 bridgehead atoms. The number of aliphatic hydroxyl groups excluding tert-OH is 1. The maximum absolute atomic E-state index is 12.0. The molecule has 0 radical (unpaired) electrons. The van der Waals surface area contributed by atoms with E-state index in [9.17, 15) is 19.8 Å². The molecule has 6 nitrogen and oxygen atoms in total.